The number of carbonyl (C=O) groups is 4. The zero-order valence-corrected chi connectivity index (χ0v) is 23.8. The Hall–Kier alpha value is -3.28. The number of carbonyl (C=O) groups excluding carboxylic acids is 4. The number of anilines is 1. The average Bonchev–Trinajstić information content (AvgIpc) is 2.82. The van der Waals surface area contributed by atoms with Crippen LogP contribution >= 0.6 is 0 Å². The number of benzene rings is 1. The molecule has 1 saturated carbocycles. The number of aliphatic hydroxyl groups is 1. The van der Waals surface area contributed by atoms with E-state index >= 15 is 8.78 Å². The quantitative estimate of drug-likeness (QED) is 0.313. The zero-order chi connectivity index (χ0) is 30.0. The lowest BCUT2D eigenvalue weighted by Crippen LogP contribution is -2.55. The van der Waals surface area contributed by atoms with E-state index in [0.717, 1.165) is 12.1 Å². The van der Waals surface area contributed by atoms with Crippen LogP contribution in [0.1, 0.15) is 59.4 Å². The largest absolute Gasteiger partial charge is 0.466 e. The molecule has 0 bridgehead atoms. The van der Waals surface area contributed by atoms with E-state index in [2.05, 4.69) is 0 Å². The number of ether oxygens (including phenoxy) is 3. The maximum absolute atomic E-state index is 15.6. The third-order valence-corrected chi connectivity index (χ3v) is 7.02. The molecule has 2 aliphatic rings. The smallest absolute Gasteiger partial charge is 0.410 e. The molecule has 40 heavy (non-hydrogen) atoms. The van der Waals surface area contributed by atoms with E-state index in [9.17, 15) is 24.3 Å². The predicted molar refractivity (Wildman–Crippen MR) is 140 cm³/mol. The molecule has 1 N–H and O–H groups in total. The van der Waals surface area contributed by atoms with E-state index in [4.69, 9.17) is 14.2 Å². The number of nitrogens with zero attached hydrogens (tertiary/aromatic N) is 2. The minimum Gasteiger partial charge on any atom is -0.466 e. The van der Waals surface area contributed by atoms with E-state index < -0.39 is 70.8 Å². The zero-order valence-electron chi connectivity index (χ0n) is 23.8. The van der Waals surface area contributed by atoms with Crippen LogP contribution in [0.15, 0.2) is 12.1 Å². The first-order valence-electron chi connectivity index (χ1n) is 13.4. The molecule has 4 atom stereocenters. The highest BCUT2D eigenvalue weighted by molar-refractivity contribution is 6.02. The van der Waals surface area contributed by atoms with Gasteiger partial charge in [0.25, 0.3) is 0 Å². The van der Waals surface area contributed by atoms with Gasteiger partial charge in [-0.05, 0) is 59.2 Å². The maximum atomic E-state index is 15.6. The van der Waals surface area contributed by atoms with Gasteiger partial charge in [0.1, 0.15) is 28.8 Å². The molecule has 1 aliphatic heterocycles. The molecule has 1 amide bonds. The van der Waals surface area contributed by atoms with Crippen molar-refractivity contribution in [1.82, 2.24) is 4.90 Å². The summed E-state index contributed by atoms with van der Waals surface area (Å²) >= 11 is 0. The molecule has 10 nitrogen and oxygen atoms in total. The standard InChI is InChI=1S/C28H38F2N2O8/c1-7-38-24(34)21-19(33)15-28(6,37)22(25(35)39-8-2)20(21)16-13-17(29)23(18(30)14-16)31-9-11-32(12-10-31)26(36)40-27(3,4)5/h13-14,20-22,37H,7-12,15H2,1-6H3. The number of rotatable bonds is 6. The fraction of sp³-hybridized carbons (Fsp3) is 0.643. The van der Waals surface area contributed by atoms with Crippen LogP contribution in [-0.2, 0) is 28.6 Å². The van der Waals surface area contributed by atoms with Gasteiger partial charge in [-0.3, -0.25) is 14.4 Å². The second kappa shape index (κ2) is 12.1. The van der Waals surface area contributed by atoms with E-state index in [-0.39, 0.29) is 50.6 Å². The van der Waals surface area contributed by atoms with E-state index in [1.54, 1.807) is 27.7 Å². The van der Waals surface area contributed by atoms with Crippen molar-refractivity contribution in [2.45, 2.75) is 65.1 Å². The van der Waals surface area contributed by atoms with Gasteiger partial charge >= 0.3 is 18.0 Å². The number of halogens is 2. The Morgan fingerprint density at radius 3 is 2.02 bits per heavy atom. The molecular formula is C28H38F2N2O8. The molecule has 1 aromatic carbocycles. The Kier molecular flexibility index (Phi) is 9.43. The van der Waals surface area contributed by atoms with E-state index in [0.29, 0.717) is 0 Å². The molecule has 1 aromatic rings. The Morgan fingerprint density at radius 2 is 1.52 bits per heavy atom. The third kappa shape index (κ3) is 6.71. The highest BCUT2D eigenvalue weighted by Gasteiger charge is 2.57. The minimum absolute atomic E-state index is 0.0485. The lowest BCUT2D eigenvalue weighted by molar-refractivity contribution is -0.172. The normalized spacial score (nSPS) is 25.4. The number of hydrogen-bond donors (Lipinski definition) is 1. The van der Waals surface area contributed by atoms with Crippen LogP contribution < -0.4 is 4.90 Å². The summed E-state index contributed by atoms with van der Waals surface area (Å²) in [6, 6.07) is 1.94. The molecule has 2 fully saturated rings. The molecule has 3 rings (SSSR count). The van der Waals surface area contributed by atoms with Gasteiger partial charge in [0.05, 0.1) is 24.7 Å². The van der Waals surface area contributed by atoms with Crippen molar-refractivity contribution >= 4 is 29.5 Å². The van der Waals surface area contributed by atoms with Crippen molar-refractivity contribution < 1.29 is 47.3 Å². The van der Waals surface area contributed by atoms with Crippen LogP contribution in [0.4, 0.5) is 19.3 Å². The third-order valence-electron chi connectivity index (χ3n) is 7.02. The van der Waals surface area contributed by atoms with E-state index in [1.165, 1.54) is 23.6 Å². The number of piperazine rings is 1. The Morgan fingerprint density at radius 1 is 1.00 bits per heavy atom. The Labute approximate surface area is 232 Å². The second-order valence-electron chi connectivity index (χ2n) is 11.3. The SMILES string of the molecule is CCOC(=O)C1C(=O)CC(C)(O)C(C(=O)OCC)C1c1cc(F)c(N2CCN(C(=O)OC(C)(C)C)CC2)c(F)c1. The molecule has 222 valence electrons. The number of esters is 2. The number of amides is 1. The topological polar surface area (TPSA) is 123 Å². The fourth-order valence-corrected chi connectivity index (χ4v) is 5.40. The number of ketones is 1. The summed E-state index contributed by atoms with van der Waals surface area (Å²) in [5.41, 5.74) is -3.13. The van der Waals surface area contributed by atoms with Crippen molar-refractivity contribution in [3.05, 3.63) is 29.3 Å². The van der Waals surface area contributed by atoms with Crippen LogP contribution in [0, 0.1) is 23.5 Å². The molecular weight excluding hydrogens is 530 g/mol. The van der Waals surface area contributed by atoms with Crippen molar-refractivity contribution in [2.24, 2.45) is 11.8 Å². The van der Waals surface area contributed by atoms with Gasteiger partial charge in [-0.15, -0.1) is 0 Å². The minimum atomic E-state index is -1.94. The summed E-state index contributed by atoms with van der Waals surface area (Å²) in [5.74, 6) is -9.01. The summed E-state index contributed by atoms with van der Waals surface area (Å²) in [5, 5.41) is 11.1. The van der Waals surface area contributed by atoms with Crippen molar-refractivity contribution in [2.75, 3.05) is 44.3 Å². The lowest BCUT2D eigenvalue weighted by atomic mass is 9.61. The number of Topliss-reactive ketones (excluding diaryl/α,β-unsaturated/α-hetero) is 1. The Balaban J connectivity index is 1.97. The first-order valence-corrected chi connectivity index (χ1v) is 13.4. The van der Waals surface area contributed by atoms with Gasteiger partial charge in [0, 0.05) is 38.5 Å². The molecule has 0 radical (unpaired) electrons. The lowest BCUT2D eigenvalue weighted by Gasteiger charge is -2.43. The Bertz CT molecular complexity index is 1120. The maximum Gasteiger partial charge on any atom is 0.410 e. The monoisotopic (exact) mass is 568 g/mol. The molecule has 0 spiro atoms. The predicted octanol–water partition coefficient (Wildman–Crippen LogP) is 3.19. The second-order valence-corrected chi connectivity index (χ2v) is 11.3. The molecule has 0 aromatic heterocycles. The van der Waals surface area contributed by atoms with Gasteiger partial charge in [0.2, 0.25) is 0 Å². The van der Waals surface area contributed by atoms with Crippen molar-refractivity contribution in [1.29, 1.82) is 0 Å². The molecule has 1 heterocycles. The molecule has 1 aliphatic carbocycles. The van der Waals surface area contributed by atoms with Crippen LogP contribution in [0.5, 0.6) is 0 Å². The molecule has 4 unspecified atom stereocenters. The summed E-state index contributed by atoms with van der Waals surface area (Å²) in [4.78, 5) is 54.2. The van der Waals surface area contributed by atoms with Gasteiger partial charge in [-0.1, -0.05) is 0 Å². The van der Waals surface area contributed by atoms with Crippen LogP contribution in [0.3, 0.4) is 0 Å². The first kappa shape index (κ1) is 31.3. The highest BCUT2D eigenvalue weighted by atomic mass is 19.1. The van der Waals surface area contributed by atoms with Gasteiger partial charge in [-0.2, -0.15) is 0 Å². The molecule has 12 heteroatoms. The highest BCUT2D eigenvalue weighted by Crippen LogP contribution is 2.47. The summed E-state index contributed by atoms with van der Waals surface area (Å²) < 4.78 is 46.8. The van der Waals surface area contributed by atoms with Gasteiger partial charge < -0.3 is 29.1 Å². The summed E-state index contributed by atoms with van der Waals surface area (Å²) in [6.45, 7) is 10.1. The first-order chi connectivity index (χ1) is 18.6. The summed E-state index contributed by atoms with van der Waals surface area (Å²) in [7, 11) is 0. The van der Waals surface area contributed by atoms with Gasteiger partial charge in [0.15, 0.2) is 5.78 Å². The van der Waals surface area contributed by atoms with Crippen LogP contribution in [-0.4, -0.2) is 84.4 Å². The van der Waals surface area contributed by atoms with E-state index in [1.807, 2.05) is 0 Å². The van der Waals surface area contributed by atoms with Crippen LogP contribution in [0.25, 0.3) is 0 Å². The fourth-order valence-electron chi connectivity index (χ4n) is 5.40. The average molecular weight is 569 g/mol. The van der Waals surface area contributed by atoms with Crippen molar-refractivity contribution in [3.8, 4) is 0 Å². The van der Waals surface area contributed by atoms with Gasteiger partial charge in [-0.25, -0.2) is 13.6 Å². The van der Waals surface area contributed by atoms with Crippen LogP contribution in [0.2, 0.25) is 0 Å². The van der Waals surface area contributed by atoms with Crippen molar-refractivity contribution in [3.63, 3.8) is 0 Å². The summed E-state index contributed by atoms with van der Waals surface area (Å²) in [6.07, 6.45) is -1.06. The molecule has 1 saturated heterocycles. The number of hydrogen-bond acceptors (Lipinski definition) is 9.